The van der Waals surface area contributed by atoms with Crippen LogP contribution in [0.2, 0.25) is 5.02 Å². The summed E-state index contributed by atoms with van der Waals surface area (Å²) in [5.41, 5.74) is 5.79. The summed E-state index contributed by atoms with van der Waals surface area (Å²) in [6.45, 7) is 8.22. The fourth-order valence-electron chi connectivity index (χ4n) is 9.40. The molecule has 3 N–H and O–H groups in total. The minimum absolute atomic E-state index is 0.0614. The number of alkyl halides is 3. The van der Waals surface area contributed by atoms with Gasteiger partial charge >= 0.3 is 24.3 Å². The molecular weight excluding hydrogens is 819 g/mol. The maximum Gasteiger partial charge on any atom is 0.418 e. The zero-order valence-electron chi connectivity index (χ0n) is 34.5. The summed E-state index contributed by atoms with van der Waals surface area (Å²) < 4.78 is 58.6. The lowest BCUT2D eigenvalue weighted by Crippen LogP contribution is -2.52. The first-order valence-corrected chi connectivity index (χ1v) is 21.9. The monoisotopic (exact) mass is 875 g/mol. The van der Waals surface area contributed by atoms with Gasteiger partial charge < -0.3 is 40.0 Å². The number of morpholine rings is 1. The average molecular weight is 876 g/mol. The first-order chi connectivity index (χ1) is 29.3. The first kappa shape index (κ1) is 44.7. The molecule has 4 amide bonds. The van der Waals surface area contributed by atoms with Crippen LogP contribution >= 0.6 is 11.6 Å². The summed E-state index contributed by atoms with van der Waals surface area (Å²) in [6, 6.07) is 9.39. The molecule has 1 atom stereocenters. The number of likely N-dealkylation sites (tertiary alicyclic amines) is 3. The molecule has 61 heavy (non-hydrogen) atoms. The van der Waals surface area contributed by atoms with E-state index in [2.05, 4.69) is 15.1 Å². The van der Waals surface area contributed by atoms with Crippen LogP contribution in [0.3, 0.4) is 0 Å². The van der Waals surface area contributed by atoms with Gasteiger partial charge in [-0.15, -0.1) is 0 Å². The van der Waals surface area contributed by atoms with Gasteiger partial charge in [-0.1, -0.05) is 29.8 Å². The van der Waals surface area contributed by atoms with Gasteiger partial charge in [-0.2, -0.15) is 13.2 Å². The van der Waals surface area contributed by atoms with Gasteiger partial charge in [-0.25, -0.2) is 9.59 Å². The van der Waals surface area contributed by atoms with Crippen molar-refractivity contribution >= 4 is 47.0 Å². The van der Waals surface area contributed by atoms with Crippen molar-refractivity contribution in [2.45, 2.75) is 76.2 Å². The van der Waals surface area contributed by atoms with E-state index in [1.807, 2.05) is 24.3 Å². The molecule has 0 aromatic heterocycles. The van der Waals surface area contributed by atoms with Crippen molar-refractivity contribution in [1.29, 1.82) is 0 Å². The van der Waals surface area contributed by atoms with E-state index in [1.165, 1.54) is 11.0 Å². The standard InChI is InChI=1S/C43H57ClF3N7O7/c44-35-25-29(24-34(39(35)48)43(45,46)47)26-37(61-42(58)53-17-10-33(11-18-53)54-27-32-4-1-2-5-36(32)49-41(54)57)40(56)52-15-8-31(9-16-52)30-6-13-51(14-7-30)28-38(55)60-21-3-12-50-19-22-59-23-20-50/h1-2,4-5,24-25,30-31,33,37H,3,6-23,26-28,48H2,(H,49,57)/t37-/m1/s1. The van der Waals surface area contributed by atoms with Crippen molar-refractivity contribution in [3.05, 3.63) is 58.1 Å². The minimum Gasteiger partial charge on any atom is -0.465 e. The zero-order valence-corrected chi connectivity index (χ0v) is 35.3. The van der Waals surface area contributed by atoms with Gasteiger partial charge in [0.25, 0.3) is 5.91 Å². The number of fused-ring (bicyclic) bond motifs is 1. The van der Waals surface area contributed by atoms with Gasteiger partial charge in [0.1, 0.15) is 0 Å². The number of para-hydroxylation sites is 1. The highest BCUT2D eigenvalue weighted by Crippen LogP contribution is 2.39. The Bertz CT molecular complexity index is 1860. The number of amides is 4. The number of esters is 1. The molecule has 4 fully saturated rings. The Morgan fingerprint density at radius 2 is 1.54 bits per heavy atom. The highest BCUT2D eigenvalue weighted by Gasteiger charge is 2.39. The largest absolute Gasteiger partial charge is 0.465 e. The fraction of sp³-hybridized carbons (Fsp3) is 0.628. The SMILES string of the molecule is Nc1c(Cl)cc(C[C@@H](OC(=O)N2CCC(N3Cc4ccccc4NC3=O)CC2)C(=O)N2CCC(C3CCN(CC(=O)OCCCN4CCOCC4)CC3)CC2)cc1C(F)(F)F. The van der Waals surface area contributed by atoms with Crippen molar-refractivity contribution in [3.63, 3.8) is 0 Å². The number of halogens is 4. The lowest BCUT2D eigenvalue weighted by atomic mass is 9.78. The normalized spacial score (nSPS) is 20.9. The molecule has 2 aromatic rings. The molecule has 7 rings (SSSR count). The molecule has 5 aliphatic heterocycles. The highest BCUT2D eigenvalue weighted by atomic mass is 35.5. The summed E-state index contributed by atoms with van der Waals surface area (Å²) in [7, 11) is 0. The molecule has 0 radical (unpaired) electrons. The van der Waals surface area contributed by atoms with E-state index < -0.39 is 35.5 Å². The van der Waals surface area contributed by atoms with E-state index in [4.69, 9.17) is 31.5 Å². The van der Waals surface area contributed by atoms with E-state index in [-0.39, 0.29) is 54.7 Å². The molecule has 0 aliphatic carbocycles. The van der Waals surface area contributed by atoms with Crippen LogP contribution in [0.1, 0.15) is 61.6 Å². The third kappa shape index (κ3) is 11.6. The molecule has 334 valence electrons. The molecule has 14 nitrogen and oxygen atoms in total. The maximum atomic E-state index is 14.2. The van der Waals surface area contributed by atoms with Crippen molar-refractivity contribution in [1.82, 2.24) is 24.5 Å². The van der Waals surface area contributed by atoms with Crippen molar-refractivity contribution in [3.8, 4) is 0 Å². The van der Waals surface area contributed by atoms with Gasteiger partial charge in [0.2, 0.25) is 0 Å². The Hall–Kier alpha value is -4.32. The minimum atomic E-state index is -4.79. The van der Waals surface area contributed by atoms with Gasteiger partial charge in [0.15, 0.2) is 6.10 Å². The number of carbonyl (C=O) groups excluding carboxylic acids is 4. The lowest BCUT2D eigenvalue weighted by Gasteiger charge is -2.41. The van der Waals surface area contributed by atoms with Crippen LogP contribution in [-0.4, -0.2) is 146 Å². The molecule has 5 aliphatic rings. The number of nitrogens with zero attached hydrogens (tertiary/aromatic N) is 5. The topological polar surface area (TPSA) is 150 Å². The van der Waals surface area contributed by atoms with Gasteiger partial charge in [0, 0.05) is 70.5 Å². The van der Waals surface area contributed by atoms with E-state index >= 15 is 0 Å². The molecule has 2 aromatic carbocycles. The number of nitrogen functional groups attached to an aromatic ring is 1. The number of nitrogens with two attached hydrogens (primary N) is 1. The van der Waals surface area contributed by atoms with E-state index in [9.17, 15) is 32.3 Å². The predicted octanol–water partition coefficient (Wildman–Crippen LogP) is 5.72. The Balaban J connectivity index is 0.914. The van der Waals surface area contributed by atoms with Crippen molar-refractivity contribution in [2.75, 3.05) is 96.3 Å². The van der Waals surface area contributed by atoms with Crippen LogP contribution < -0.4 is 11.1 Å². The fourth-order valence-corrected chi connectivity index (χ4v) is 9.64. The number of hydrogen-bond donors (Lipinski definition) is 2. The second-order valence-corrected chi connectivity index (χ2v) is 17.3. The molecule has 0 saturated carbocycles. The lowest BCUT2D eigenvalue weighted by molar-refractivity contribution is -0.145. The molecule has 18 heteroatoms. The van der Waals surface area contributed by atoms with E-state index in [0.29, 0.717) is 50.9 Å². The Morgan fingerprint density at radius 3 is 2.23 bits per heavy atom. The van der Waals surface area contributed by atoms with Crippen LogP contribution in [-0.2, 0) is 42.9 Å². The van der Waals surface area contributed by atoms with Gasteiger partial charge in [-0.3, -0.25) is 19.4 Å². The molecule has 4 saturated heterocycles. The van der Waals surface area contributed by atoms with Crippen molar-refractivity contribution in [2.24, 2.45) is 11.8 Å². The van der Waals surface area contributed by atoms with Crippen LogP contribution in [0.25, 0.3) is 0 Å². The van der Waals surface area contributed by atoms with Crippen LogP contribution in [0, 0.1) is 11.8 Å². The van der Waals surface area contributed by atoms with E-state index in [0.717, 1.165) is 95.4 Å². The second kappa shape index (κ2) is 20.2. The summed E-state index contributed by atoms with van der Waals surface area (Å²) >= 11 is 6.15. The number of anilines is 2. The summed E-state index contributed by atoms with van der Waals surface area (Å²) in [4.78, 5) is 62.7. The average Bonchev–Trinajstić information content (AvgIpc) is 3.26. The molecular formula is C43H57ClF3N7O7. The quantitative estimate of drug-likeness (QED) is 0.154. The number of rotatable bonds is 12. The summed E-state index contributed by atoms with van der Waals surface area (Å²) in [5.74, 6) is 0.102. The number of ether oxygens (including phenoxy) is 3. The van der Waals surface area contributed by atoms with Crippen LogP contribution in [0.5, 0.6) is 0 Å². The first-order valence-electron chi connectivity index (χ1n) is 21.6. The molecule has 0 spiro atoms. The number of hydrogen-bond acceptors (Lipinski definition) is 10. The van der Waals surface area contributed by atoms with Gasteiger partial charge in [-0.05, 0) is 99.2 Å². The predicted molar refractivity (Wildman–Crippen MR) is 222 cm³/mol. The number of benzene rings is 2. The van der Waals surface area contributed by atoms with Crippen LogP contribution in [0.4, 0.5) is 34.1 Å². The molecule has 0 unspecified atom stereocenters. The smallest absolute Gasteiger partial charge is 0.418 e. The maximum absolute atomic E-state index is 14.2. The number of nitrogens with one attached hydrogen (secondary N) is 1. The number of urea groups is 1. The van der Waals surface area contributed by atoms with Crippen molar-refractivity contribution < 1.29 is 46.6 Å². The number of carbonyl (C=O) groups is 4. The Kier molecular flexibility index (Phi) is 14.8. The Morgan fingerprint density at radius 1 is 0.885 bits per heavy atom. The highest BCUT2D eigenvalue weighted by molar-refractivity contribution is 6.33. The van der Waals surface area contributed by atoms with Crippen LogP contribution in [0.15, 0.2) is 36.4 Å². The zero-order chi connectivity index (χ0) is 43.1. The molecule has 5 heterocycles. The second-order valence-electron chi connectivity index (χ2n) is 16.9. The molecule has 0 bridgehead atoms. The van der Waals surface area contributed by atoms with E-state index in [1.54, 1.807) is 9.80 Å². The van der Waals surface area contributed by atoms with Gasteiger partial charge in [0.05, 0.1) is 42.6 Å². The summed E-state index contributed by atoms with van der Waals surface area (Å²) in [5, 5.41) is 2.62. The Labute approximate surface area is 359 Å². The third-order valence-electron chi connectivity index (χ3n) is 12.9. The third-order valence-corrected chi connectivity index (χ3v) is 13.3. The summed E-state index contributed by atoms with van der Waals surface area (Å²) in [6.07, 6.45) is -2.19. The number of piperidine rings is 3.